The lowest BCUT2D eigenvalue weighted by Crippen LogP contribution is -2.22. The van der Waals surface area contributed by atoms with Crippen molar-refractivity contribution in [1.29, 1.82) is 0 Å². The molecule has 4 nitrogen and oxygen atoms in total. The van der Waals surface area contributed by atoms with Gasteiger partial charge in [-0.25, -0.2) is 4.79 Å². The first kappa shape index (κ1) is 11.8. The van der Waals surface area contributed by atoms with Crippen LogP contribution in [-0.4, -0.2) is 31.0 Å². The number of rotatable bonds is 2. The molecule has 0 bridgehead atoms. The fourth-order valence-corrected chi connectivity index (χ4v) is 1.38. The molecule has 16 heavy (non-hydrogen) atoms. The number of hydrogen-bond donors (Lipinski definition) is 2. The van der Waals surface area contributed by atoms with Crippen LogP contribution in [0.3, 0.4) is 0 Å². The van der Waals surface area contributed by atoms with Gasteiger partial charge in [-0.15, -0.1) is 6.42 Å². The Hall–Kier alpha value is -2.28. The van der Waals surface area contributed by atoms with Gasteiger partial charge in [0.1, 0.15) is 5.84 Å². The molecule has 1 rings (SSSR count). The van der Waals surface area contributed by atoms with E-state index >= 15 is 0 Å². The van der Waals surface area contributed by atoms with Crippen molar-refractivity contribution in [2.24, 2.45) is 4.99 Å². The maximum atomic E-state index is 11.1. The Balaban J connectivity index is 3.41. The molecule has 0 fully saturated rings. The van der Waals surface area contributed by atoms with Crippen LogP contribution in [0.1, 0.15) is 21.5 Å². The number of amidine groups is 1. The zero-order valence-corrected chi connectivity index (χ0v) is 9.11. The predicted octanol–water partition coefficient (Wildman–Crippen LogP) is 0.962. The molecule has 0 saturated heterocycles. The first-order valence-electron chi connectivity index (χ1n) is 4.63. The Labute approximate surface area is 94.0 Å². The van der Waals surface area contributed by atoms with Crippen LogP contribution in [0.2, 0.25) is 0 Å². The molecule has 0 amide bonds. The quantitative estimate of drug-likeness (QED) is 0.440. The molecule has 0 spiro atoms. The normalized spacial score (nSPS) is 10.7. The summed E-state index contributed by atoms with van der Waals surface area (Å²) in [7, 11) is 3.27. The van der Waals surface area contributed by atoms with Crippen molar-refractivity contribution in [3.8, 4) is 12.3 Å². The van der Waals surface area contributed by atoms with Gasteiger partial charge >= 0.3 is 5.97 Å². The lowest BCUT2D eigenvalue weighted by molar-refractivity contribution is 0.0696. The Bertz CT molecular complexity index is 484. The Morgan fingerprint density at radius 2 is 2.19 bits per heavy atom. The second kappa shape index (κ2) is 4.99. The molecular formula is C12H12N2O2. The largest absolute Gasteiger partial charge is 0.478 e. The molecule has 2 N–H and O–H groups in total. The summed E-state index contributed by atoms with van der Waals surface area (Å²) in [4.78, 5) is 15.0. The lowest BCUT2D eigenvalue weighted by atomic mass is 10.0. The van der Waals surface area contributed by atoms with Crippen LogP contribution in [-0.2, 0) is 0 Å². The highest BCUT2D eigenvalue weighted by molar-refractivity contribution is 6.07. The van der Waals surface area contributed by atoms with Crippen LogP contribution >= 0.6 is 0 Å². The third-order valence-electron chi connectivity index (χ3n) is 2.13. The molecule has 4 heteroatoms. The molecule has 1 aromatic rings. The number of terminal acetylenes is 1. The number of carboxylic acids is 1. The van der Waals surface area contributed by atoms with Crippen LogP contribution in [0.4, 0.5) is 0 Å². The van der Waals surface area contributed by atoms with E-state index in [0.29, 0.717) is 17.0 Å². The van der Waals surface area contributed by atoms with Gasteiger partial charge in [0, 0.05) is 25.2 Å². The number of aromatic carboxylic acids is 1. The molecule has 0 aliphatic carbocycles. The molecule has 1 aromatic carbocycles. The van der Waals surface area contributed by atoms with Crippen molar-refractivity contribution in [2.75, 3.05) is 14.1 Å². The number of aliphatic imine (C=N–C) groups is 1. The number of hydrogen-bond acceptors (Lipinski definition) is 2. The van der Waals surface area contributed by atoms with Gasteiger partial charge in [-0.05, 0) is 18.2 Å². The van der Waals surface area contributed by atoms with Gasteiger partial charge in [0.2, 0.25) is 0 Å². The highest BCUT2D eigenvalue weighted by atomic mass is 16.4. The van der Waals surface area contributed by atoms with Gasteiger partial charge in [0.15, 0.2) is 0 Å². The summed E-state index contributed by atoms with van der Waals surface area (Å²) in [5.74, 6) is 1.89. The molecule has 0 aromatic heterocycles. The molecule has 0 radical (unpaired) electrons. The van der Waals surface area contributed by atoms with Crippen molar-refractivity contribution < 1.29 is 9.90 Å². The van der Waals surface area contributed by atoms with Crippen molar-refractivity contribution in [2.45, 2.75) is 0 Å². The zero-order chi connectivity index (χ0) is 12.1. The average Bonchev–Trinajstić information content (AvgIpc) is 2.30. The monoisotopic (exact) mass is 216 g/mol. The SMILES string of the molecule is C#Cc1ccc(C(=NC)NC)c(C(=O)O)c1. The molecule has 0 saturated carbocycles. The average molecular weight is 216 g/mol. The fourth-order valence-electron chi connectivity index (χ4n) is 1.38. The van der Waals surface area contributed by atoms with E-state index in [-0.39, 0.29) is 5.56 Å². The molecule has 0 atom stereocenters. The van der Waals surface area contributed by atoms with Crippen molar-refractivity contribution in [3.05, 3.63) is 34.9 Å². The third kappa shape index (κ3) is 2.20. The van der Waals surface area contributed by atoms with Crippen molar-refractivity contribution >= 4 is 11.8 Å². The van der Waals surface area contributed by atoms with Crippen LogP contribution in [0.5, 0.6) is 0 Å². The van der Waals surface area contributed by atoms with Gasteiger partial charge in [-0.2, -0.15) is 0 Å². The summed E-state index contributed by atoms with van der Waals surface area (Å²) in [5, 5.41) is 11.9. The molecule has 0 aliphatic rings. The second-order valence-electron chi connectivity index (χ2n) is 3.03. The summed E-state index contributed by atoms with van der Waals surface area (Å²) in [6.07, 6.45) is 5.22. The fraction of sp³-hybridized carbons (Fsp3) is 0.167. The smallest absolute Gasteiger partial charge is 0.336 e. The summed E-state index contributed by atoms with van der Waals surface area (Å²) in [6.45, 7) is 0. The summed E-state index contributed by atoms with van der Waals surface area (Å²) in [6, 6.07) is 4.79. The number of nitrogens with zero attached hydrogens (tertiary/aromatic N) is 1. The van der Waals surface area contributed by atoms with Gasteiger partial charge in [0.25, 0.3) is 0 Å². The third-order valence-corrected chi connectivity index (χ3v) is 2.13. The maximum absolute atomic E-state index is 11.1. The van der Waals surface area contributed by atoms with Crippen molar-refractivity contribution in [3.63, 3.8) is 0 Å². The van der Waals surface area contributed by atoms with Crippen LogP contribution in [0.15, 0.2) is 23.2 Å². The van der Waals surface area contributed by atoms with Gasteiger partial charge in [-0.1, -0.05) is 5.92 Å². The van der Waals surface area contributed by atoms with Gasteiger partial charge < -0.3 is 10.4 Å². The highest BCUT2D eigenvalue weighted by Gasteiger charge is 2.13. The van der Waals surface area contributed by atoms with E-state index in [0.717, 1.165) is 0 Å². The summed E-state index contributed by atoms with van der Waals surface area (Å²) in [5.41, 5.74) is 1.20. The first-order chi connectivity index (χ1) is 7.63. The second-order valence-corrected chi connectivity index (χ2v) is 3.03. The molecule has 0 aliphatic heterocycles. The molecule has 0 heterocycles. The van der Waals surface area contributed by atoms with E-state index < -0.39 is 5.97 Å². The minimum absolute atomic E-state index is 0.144. The zero-order valence-electron chi connectivity index (χ0n) is 9.11. The highest BCUT2D eigenvalue weighted by Crippen LogP contribution is 2.12. The van der Waals surface area contributed by atoms with Crippen LogP contribution in [0.25, 0.3) is 0 Å². The lowest BCUT2D eigenvalue weighted by Gasteiger charge is -2.08. The number of carboxylic acid groups (broad SMARTS) is 1. The predicted molar refractivity (Wildman–Crippen MR) is 62.9 cm³/mol. The van der Waals surface area contributed by atoms with Crippen LogP contribution in [0, 0.1) is 12.3 Å². The van der Waals surface area contributed by atoms with E-state index in [4.69, 9.17) is 11.5 Å². The summed E-state index contributed by atoms with van der Waals surface area (Å²) < 4.78 is 0. The van der Waals surface area contributed by atoms with Crippen molar-refractivity contribution in [1.82, 2.24) is 5.32 Å². The minimum atomic E-state index is -1.02. The number of nitrogens with one attached hydrogen (secondary N) is 1. The van der Waals surface area contributed by atoms with E-state index in [1.54, 1.807) is 26.2 Å². The minimum Gasteiger partial charge on any atom is -0.478 e. The summed E-state index contributed by atoms with van der Waals surface area (Å²) >= 11 is 0. The Morgan fingerprint density at radius 1 is 1.50 bits per heavy atom. The maximum Gasteiger partial charge on any atom is 0.336 e. The molecule has 0 unspecified atom stereocenters. The first-order valence-corrected chi connectivity index (χ1v) is 4.63. The Kier molecular flexibility index (Phi) is 3.67. The van der Waals surface area contributed by atoms with Crippen LogP contribution < -0.4 is 5.32 Å². The van der Waals surface area contributed by atoms with E-state index in [1.807, 2.05) is 0 Å². The molecular weight excluding hydrogens is 204 g/mol. The topological polar surface area (TPSA) is 61.7 Å². The van der Waals surface area contributed by atoms with E-state index in [9.17, 15) is 4.79 Å². The van der Waals surface area contributed by atoms with E-state index in [1.165, 1.54) is 6.07 Å². The Morgan fingerprint density at radius 3 is 2.62 bits per heavy atom. The van der Waals surface area contributed by atoms with E-state index in [2.05, 4.69) is 16.2 Å². The van der Waals surface area contributed by atoms with Gasteiger partial charge in [-0.3, -0.25) is 4.99 Å². The number of carbonyl (C=O) groups is 1. The molecule has 82 valence electrons. The standard InChI is InChI=1S/C12H12N2O2/c1-4-8-5-6-9(11(13-2)14-3)10(7-8)12(15)16/h1,5-7H,2-3H3,(H,13,14)(H,15,16). The van der Waals surface area contributed by atoms with Gasteiger partial charge in [0.05, 0.1) is 5.56 Å². The number of benzene rings is 1.